The van der Waals surface area contributed by atoms with Gasteiger partial charge < -0.3 is 15.6 Å². The molecule has 1 aliphatic heterocycles. The molecule has 0 aromatic carbocycles. The predicted molar refractivity (Wildman–Crippen MR) is 36.7 cm³/mol. The van der Waals surface area contributed by atoms with Crippen LogP contribution in [-0.4, -0.2) is 17.6 Å². The summed E-state index contributed by atoms with van der Waals surface area (Å²) in [5.41, 5.74) is 1.50. The van der Waals surface area contributed by atoms with Crippen LogP contribution in [0.25, 0.3) is 0 Å². The first-order valence-corrected chi connectivity index (χ1v) is 3.07. The number of H-pyrrole nitrogens is 1. The van der Waals surface area contributed by atoms with Gasteiger partial charge in [-0.05, 0) is 6.07 Å². The van der Waals surface area contributed by atoms with Gasteiger partial charge in [0, 0.05) is 6.20 Å². The molecular weight excluding hydrogens is 130 g/mol. The topological polar surface area (TPSA) is 56.9 Å². The Labute approximate surface area is 57.6 Å². The molecule has 0 bridgehead atoms. The zero-order valence-corrected chi connectivity index (χ0v) is 5.27. The Kier molecular flexibility index (Phi) is 0.943. The van der Waals surface area contributed by atoms with Crippen molar-refractivity contribution in [3.8, 4) is 0 Å². The monoisotopic (exact) mass is 137 g/mol. The number of amides is 1. The third-order valence-electron chi connectivity index (χ3n) is 1.50. The highest BCUT2D eigenvalue weighted by molar-refractivity contribution is 5.99. The Morgan fingerprint density at radius 1 is 1.40 bits per heavy atom. The van der Waals surface area contributed by atoms with Crippen LogP contribution in [0.3, 0.4) is 0 Å². The summed E-state index contributed by atoms with van der Waals surface area (Å²) < 4.78 is 0. The molecular formula is C6H7N3O. The number of anilines is 1. The zero-order valence-electron chi connectivity index (χ0n) is 5.27. The van der Waals surface area contributed by atoms with E-state index in [1.54, 1.807) is 6.20 Å². The fraction of sp³-hybridized carbons (Fsp3) is 0.167. The molecule has 0 saturated heterocycles. The second kappa shape index (κ2) is 1.76. The number of carbonyl (C=O) groups excluding carboxylic acids is 1. The van der Waals surface area contributed by atoms with E-state index < -0.39 is 0 Å². The molecule has 0 spiro atoms. The lowest BCUT2D eigenvalue weighted by Crippen LogP contribution is -2.34. The van der Waals surface area contributed by atoms with E-state index >= 15 is 0 Å². The summed E-state index contributed by atoms with van der Waals surface area (Å²) in [6, 6.07) is 1.84. The van der Waals surface area contributed by atoms with Gasteiger partial charge in [-0.25, -0.2) is 0 Å². The minimum atomic E-state index is -0.0428. The number of aromatic nitrogens is 1. The Morgan fingerprint density at radius 3 is 3.10 bits per heavy atom. The van der Waals surface area contributed by atoms with E-state index in [1.807, 2.05) is 6.07 Å². The summed E-state index contributed by atoms with van der Waals surface area (Å²) in [6.07, 6.45) is 1.74. The highest BCUT2D eigenvalue weighted by Gasteiger charge is 2.15. The van der Waals surface area contributed by atoms with Crippen molar-refractivity contribution in [2.45, 2.75) is 0 Å². The van der Waals surface area contributed by atoms with Gasteiger partial charge >= 0.3 is 0 Å². The van der Waals surface area contributed by atoms with Crippen molar-refractivity contribution in [3.63, 3.8) is 0 Å². The highest BCUT2D eigenvalue weighted by Crippen LogP contribution is 2.14. The van der Waals surface area contributed by atoms with Crippen LogP contribution in [0.2, 0.25) is 0 Å². The smallest absolute Gasteiger partial charge is 0.271 e. The Bertz CT molecular complexity index is 266. The van der Waals surface area contributed by atoms with E-state index in [0.717, 1.165) is 5.69 Å². The van der Waals surface area contributed by atoms with Crippen LogP contribution in [-0.2, 0) is 0 Å². The lowest BCUT2D eigenvalue weighted by molar-refractivity contribution is 0.0948. The summed E-state index contributed by atoms with van der Waals surface area (Å²) >= 11 is 0. The van der Waals surface area contributed by atoms with E-state index in [-0.39, 0.29) is 5.91 Å². The van der Waals surface area contributed by atoms with Crippen molar-refractivity contribution in [1.82, 2.24) is 10.3 Å². The maximum Gasteiger partial charge on any atom is 0.271 e. The van der Waals surface area contributed by atoms with Crippen molar-refractivity contribution >= 4 is 11.6 Å². The van der Waals surface area contributed by atoms with E-state index in [4.69, 9.17) is 0 Å². The highest BCUT2D eigenvalue weighted by atomic mass is 16.2. The molecule has 52 valence electrons. The van der Waals surface area contributed by atoms with Crippen molar-refractivity contribution in [2.75, 3.05) is 12.0 Å². The van der Waals surface area contributed by atoms with Crippen molar-refractivity contribution in [3.05, 3.63) is 18.0 Å². The summed E-state index contributed by atoms with van der Waals surface area (Å²) in [5, 5.41) is 5.65. The Morgan fingerprint density at radius 2 is 2.30 bits per heavy atom. The van der Waals surface area contributed by atoms with Crippen molar-refractivity contribution in [2.24, 2.45) is 0 Å². The minimum absolute atomic E-state index is 0.0428. The normalized spacial score (nSPS) is 15.4. The first kappa shape index (κ1) is 5.34. The third kappa shape index (κ3) is 0.586. The molecule has 4 heteroatoms. The molecule has 0 unspecified atom stereocenters. The number of fused-ring (bicyclic) bond motifs is 1. The molecule has 2 rings (SSSR count). The molecule has 0 fully saturated rings. The number of rotatable bonds is 0. The molecule has 0 atom stereocenters. The third-order valence-corrected chi connectivity index (χ3v) is 1.50. The van der Waals surface area contributed by atoms with E-state index in [9.17, 15) is 4.79 Å². The molecule has 1 aliphatic rings. The second-order valence-electron chi connectivity index (χ2n) is 2.13. The number of carbonyl (C=O) groups is 1. The van der Waals surface area contributed by atoms with Gasteiger partial charge in [-0.3, -0.25) is 4.79 Å². The van der Waals surface area contributed by atoms with E-state index in [1.165, 1.54) is 0 Å². The first-order valence-electron chi connectivity index (χ1n) is 3.07. The van der Waals surface area contributed by atoms with Gasteiger partial charge in [0.25, 0.3) is 5.91 Å². The SMILES string of the molecule is O=C1NCNc2cc[nH]c21. The minimum Gasteiger partial charge on any atom is -0.366 e. The molecule has 0 aliphatic carbocycles. The van der Waals surface area contributed by atoms with Crippen LogP contribution < -0.4 is 10.6 Å². The summed E-state index contributed by atoms with van der Waals surface area (Å²) in [5.74, 6) is -0.0428. The van der Waals surface area contributed by atoms with Crippen LogP contribution in [0.5, 0.6) is 0 Å². The molecule has 1 aromatic heterocycles. The fourth-order valence-electron chi connectivity index (χ4n) is 1.01. The van der Waals surface area contributed by atoms with Crippen molar-refractivity contribution in [1.29, 1.82) is 0 Å². The van der Waals surface area contributed by atoms with Gasteiger partial charge in [0.15, 0.2) is 0 Å². The number of aromatic amines is 1. The van der Waals surface area contributed by atoms with Gasteiger partial charge in [-0.15, -0.1) is 0 Å². The lowest BCUT2D eigenvalue weighted by atomic mass is 10.3. The summed E-state index contributed by atoms with van der Waals surface area (Å²) in [7, 11) is 0. The van der Waals surface area contributed by atoms with Gasteiger partial charge in [0.2, 0.25) is 0 Å². The van der Waals surface area contributed by atoms with Gasteiger partial charge in [0.05, 0.1) is 12.4 Å². The standard InChI is InChI=1S/C6H7N3O/c10-6-5-4(1-2-7-5)8-3-9-6/h1-2,7-8H,3H2,(H,9,10). The maximum atomic E-state index is 11.0. The molecule has 2 heterocycles. The number of hydrogen-bond donors (Lipinski definition) is 3. The van der Waals surface area contributed by atoms with Crippen LogP contribution in [0, 0.1) is 0 Å². The van der Waals surface area contributed by atoms with Crippen LogP contribution in [0.15, 0.2) is 12.3 Å². The van der Waals surface area contributed by atoms with Crippen LogP contribution >= 0.6 is 0 Å². The van der Waals surface area contributed by atoms with E-state index in [2.05, 4.69) is 15.6 Å². The summed E-state index contributed by atoms with van der Waals surface area (Å²) in [6.45, 7) is 0.518. The fourth-order valence-corrected chi connectivity index (χ4v) is 1.01. The molecule has 3 N–H and O–H groups in total. The first-order chi connectivity index (χ1) is 4.88. The van der Waals surface area contributed by atoms with Gasteiger partial charge in [0.1, 0.15) is 5.69 Å². The average Bonchev–Trinajstić information content (AvgIpc) is 2.36. The second-order valence-corrected chi connectivity index (χ2v) is 2.13. The van der Waals surface area contributed by atoms with Crippen LogP contribution in [0.1, 0.15) is 10.5 Å². The molecule has 4 nitrogen and oxygen atoms in total. The maximum absolute atomic E-state index is 11.0. The molecule has 0 saturated carbocycles. The van der Waals surface area contributed by atoms with Gasteiger partial charge in [-0.2, -0.15) is 0 Å². The lowest BCUT2D eigenvalue weighted by Gasteiger charge is -2.13. The Balaban J connectivity index is 2.50. The Hall–Kier alpha value is -1.45. The summed E-state index contributed by atoms with van der Waals surface area (Å²) in [4.78, 5) is 13.8. The van der Waals surface area contributed by atoms with Crippen LogP contribution in [0.4, 0.5) is 5.69 Å². The predicted octanol–water partition coefficient (Wildman–Crippen LogP) is 0.127. The zero-order chi connectivity index (χ0) is 6.97. The molecule has 0 radical (unpaired) electrons. The quantitative estimate of drug-likeness (QED) is 0.476. The van der Waals surface area contributed by atoms with E-state index in [0.29, 0.717) is 12.4 Å². The van der Waals surface area contributed by atoms with Crippen molar-refractivity contribution < 1.29 is 4.79 Å². The number of nitrogens with one attached hydrogen (secondary N) is 3. The van der Waals surface area contributed by atoms with Gasteiger partial charge in [-0.1, -0.05) is 0 Å². The molecule has 1 aromatic rings. The largest absolute Gasteiger partial charge is 0.366 e. The molecule has 1 amide bonds. The average molecular weight is 137 g/mol. The molecule has 10 heavy (non-hydrogen) atoms. The number of hydrogen-bond acceptors (Lipinski definition) is 2.